The third-order valence-electron chi connectivity index (χ3n) is 3.44. The molecule has 0 aliphatic rings. The number of carbonyl (C=O) groups excluding carboxylic acids is 1. The number of amides is 1. The predicted molar refractivity (Wildman–Crippen MR) is 80.3 cm³/mol. The smallest absolute Gasteiger partial charge is 0.417 e. The molecular weight excluding hydrogens is 307 g/mol. The quantitative estimate of drug-likeness (QED) is 0.915. The van der Waals surface area contributed by atoms with Crippen LogP contribution in [0.5, 0.6) is 5.75 Å². The zero-order chi connectivity index (χ0) is 17.0. The van der Waals surface area contributed by atoms with Crippen molar-refractivity contribution in [1.29, 1.82) is 0 Å². The van der Waals surface area contributed by atoms with Crippen LogP contribution in [0.25, 0.3) is 0 Å². The molecule has 1 atom stereocenters. The Labute approximate surface area is 132 Å². The van der Waals surface area contributed by atoms with Gasteiger partial charge in [-0.25, -0.2) is 0 Å². The molecule has 1 amide bonds. The van der Waals surface area contributed by atoms with E-state index in [1.165, 1.54) is 25.3 Å². The van der Waals surface area contributed by atoms with E-state index in [0.29, 0.717) is 5.75 Å². The molecule has 0 fully saturated rings. The van der Waals surface area contributed by atoms with Crippen LogP contribution in [0.3, 0.4) is 0 Å². The third-order valence-corrected chi connectivity index (χ3v) is 3.44. The second-order valence-electron chi connectivity index (χ2n) is 5.01. The van der Waals surface area contributed by atoms with Crippen LogP contribution in [0.4, 0.5) is 13.2 Å². The van der Waals surface area contributed by atoms with Gasteiger partial charge in [0, 0.05) is 0 Å². The first-order valence-electron chi connectivity index (χ1n) is 6.94. The molecule has 0 heterocycles. The standard InChI is InChI=1S/C17H16F3NO2/c1-11(12-7-9-13(23-2)10-8-12)21-16(22)14-5-3-4-6-15(14)17(18,19)20/h3-11H,1-2H3,(H,21,22). The molecule has 0 aliphatic heterocycles. The molecule has 0 aliphatic carbocycles. The Morgan fingerprint density at radius 2 is 1.70 bits per heavy atom. The lowest BCUT2D eigenvalue weighted by Gasteiger charge is -2.17. The first-order chi connectivity index (χ1) is 10.8. The minimum Gasteiger partial charge on any atom is -0.497 e. The normalized spacial score (nSPS) is 12.6. The molecule has 6 heteroatoms. The van der Waals surface area contributed by atoms with E-state index in [2.05, 4.69) is 5.32 Å². The van der Waals surface area contributed by atoms with E-state index < -0.39 is 23.7 Å². The summed E-state index contributed by atoms with van der Waals surface area (Å²) in [6.07, 6.45) is -4.57. The Morgan fingerprint density at radius 3 is 2.26 bits per heavy atom. The minimum absolute atomic E-state index is 0.389. The number of hydrogen-bond acceptors (Lipinski definition) is 2. The van der Waals surface area contributed by atoms with Crippen molar-refractivity contribution in [3.63, 3.8) is 0 Å². The summed E-state index contributed by atoms with van der Waals surface area (Å²) in [7, 11) is 1.54. The summed E-state index contributed by atoms with van der Waals surface area (Å²) < 4.78 is 43.9. The number of nitrogens with one attached hydrogen (secondary N) is 1. The van der Waals surface area contributed by atoms with Gasteiger partial charge >= 0.3 is 6.18 Å². The number of ether oxygens (including phenoxy) is 1. The van der Waals surface area contributed by atoms with Gasteiger partial charge in [-0.15, -0.1) is 0 Å². The molecule has 122 valence electrons. The molecular formula is C17H16F3NO2. The largest absolute Gasteiger partial charge is 0.497 e. The highest BCUT2D eigenvalue weighted by Crippen LogP contribution is 2.32. The summed E-state index contributed by atoms with van der Waals surface area (Å²) in [4.78, 5) is 12.2. The fourth-order valence-corrected chi connectivity index (χ4v) is 2.18. The number of methoxy groups -OCH3 is 1. The lowest BCUT2D eigenvalue weighted by atomic mass is 10.0. The van der Waals surface area contributed by atoms with Crippen LogP contribution in [0.15, 0.2) is 48.5 Å². The first kappa shape index (κ1) is 16.9. The van der Waals surface area contributed by atoms with E-state index in [-0.39, 0.29) is 5.56 Å². The van der Waals surface area contributed by atoms with Crippen molar-refractivity contribution in [2.24, 2.45) is 0 Å². The summed E-state index contributed by atoms with van der Waals surface area (Å²) in [5.41, 5.74) is -0.566. The highest BCUT2D eigenvalue weighted by molar-refractivity contribution is 5.96. The van der Waals surface area contributed by atoms with Gasteiger partial charge in [0.2, 0.25) is 0 Å². The van der Waals surface area contributed by atoms with Gasteiger partial charge < -0.3 is 10.1 Å². The number of rotatable bonds is 4. The molecule has 0 aromatic heterocycles. The average molecular weight is 323 g/mol. The molecule has 2 aromatic carbocycles. The van der Waals surface area contributed by atoms with Crippen molar-refractivity contribution in [2.45, 2.75) is 19.1 Å². The molecule has 2 rings (SSSR count). The maximum atomic E-state index is 13.0. The Kier molecular flexibility index (Phi) is 4.93. The van der Waals surface area contributed by atoms with Crippen molar-refractivity contribution in [1.82, 2.24) is 5.32 Å². The van der Waals surface area contributed by atoms with Crippen LogP contribution in [-0.2, 0) is 6.18 Å². The van der Waals surface area contributed by atoms with Crippen molar-refractivity contribution in [3.8, 4) is 5.75 Å². The van der Waals surface area contributed by atoms with Gasteiger partial charge in [-0.2, -0.15) is 13.2 Å². The zero-order valence-corrected chi connectivity index (χ0v) is 12.6. The molecule has 0 spiro atoms. The molecule has 0 radical (unpaired) electrons. The minimum atomic E-state index is -4.57. The maximum absolute atomic E-state index is 13.0. The van der Waals surface area contributed by atoms with Crippen LogP contribution < -0.4 is 10.1 Å². The van der Waals surface area contributed by atoms with Gasteiger partial charge in [0.05, 0.1) is 24.3 Å². The molecule has 3 nitrogen and oxygen atoms in total. The number of halogens is 3. The molecule has 0 saturated heterocycles. The lowest BCUT2D eigenvalue weighted by molar-refractivity contribution is -0.137. The zero-order valence-electron chi connectivity index (χ0n) is 12.6. The Morgan fingerprint density at radius 1 is 1.09 bits per heavy atom. The Hall–Kier alpha value is -2.50. The highest BCUT2D eigenvalue weighted by Gasteiger charge is 2.35. The fourth-order valence-electron chi connectivity index (χ4n) is 2.18. The molecule has 0 bridgehead atoms. The maximum Gasteiger partial charge on any atom is 0.417 e. The molecule has 23 heavy (non-hydrogen) atoms. The van der Waals surface area contributed by atoms with Crippen molar-refractivity contribution >= 4 is 5.91 Å². The van der Waals surface area contributed by atoms with E-state index in [9.17, 15) is 18.0 Å². The van der Waals surface area contributed by atoms with E-state index in [1.807, 2.05) is 0 Å². The number of alkyl halides is 3. The number of benzene rings is 2. The molecule has 0 saturated carbocycles. The summed E-state index contributed by atoms with van der Waals surface area (Å²) in [5.74, 6) is -0.101. The van der Waals surface area contributed by atoms with Crippen LogP contribution >= 0.6 is 0 Å². The van der Waals surface area contributed by atoms with Crippen LogP contribution in [0.2, 0.25) is 0 Å². The van der Waals surface area contributed by atoms with Crippen LogP contribution in [-0.4, -0.2) is 13.0 Å². The summed E-state index contributed by atoms with van der Waals surface area (Å²) in [5, 5.41) is 2.58. The average Bonchev–Trinajstić information content (AvgIpc) is 2.54. The van der Waals surface area contributed by atoms with E-state index >= 15 is 0 Å². The molecule has 1 unspecified atom stereocenters. The summed E-state index contributed by atoms with van der Waals surface area (Å²) in [6, 6.07) is 11.2. The second-order valence-corrected chi connectivity index (χ2v) is 5.01. The molecule has 1 N–H and O–H groups in total. The number of carbonyl (C=O) groups is 1. The van der Waals surface area contributed by atoms with E-state index in [0.717, 1.165) is 11.6 Å². The van der Waals surface area contributed by atoms with Gasteiger partial charge in [-0.1, -0.05) is 24.3 Å². The summed E-state index contributed by atoms with van der Waals surface area (Å²) >= 11 is 0. The van der Waals surface area contributed by atoms with Gasteiger partial charge in [0.25, 0.3) is 5.91 Å². The van der Waals surface area contributed by atoms with Crippen molar-refractivity contribution in [3.05, 3.63) is 65.2 Å². The van der Waals surface area contributed by atoms with Crippen molar-refractivity contribution < 1.29 is 22.7 Å². The SMILES string of the molecule is COc1ccc(C(C)NC(=O)c2ccccc2C(F)(F)F)cc1. The highest BCUT2D eigenvalue weighted by atomic mass is 19.4. The van der Waals surface area contributed by atoms with E-state index in [1.54, 1.807) is 31.2 Å². The Balaban J connectivity index is 2.18. The van der Waals surface area contributed by atoms with Gasteiger partial charge in [-0.3, -0.25) is 4.79 Å². The molecule has 2 aromatic rings. The predicted octanol–water partition coefficient (Wildman–Crippen LogP) is 4.21. The van der Waals surface area contributed by atoms with Crippen LogP contribution in [0.1, 0.15) is 34.5 Å². The number of hydrogen-bond donors (Lipinski definition) is 1. The van der Waals surface area contributed by atoms with Crippen LogP contribution in [0, 0.1) is 0 Å². The summed E-state index contributed by atoms with van der Waals surface area (Å²) in [6.45, 7) is 1.70. The van der Waals surface area contributed by atoms with Gasteiger partial charge in [0.1, 0.15) is 5.75 Å². The van der Waals surface area contributed by atoms with Gasteiger partial charge in [0.15, 0.2) is 0 Å². The lowest BCUT2D eigenvalue weighted by Crippen LogP contribution is -2.28. The monoisotopic (exact) mass is 323 g/mol. The van der Waals surface area contributed by atoms with Gasteiger partial charge in [-0.05, 0) is 36.8 Å². The van der Waals surface area contributed by atoms with E-state index in [4.69, 9.17) is 4.74 Å². The van der Waals surface area contributed by atoms with Crippen molar-refractivity contribution in [2.75, 3.05) is 7.11 Å². The topological polar surface area (TPSA) is 38.3 Å². The fraction of sp³-hybridized carbons (Fsp3) is 0.235. The second kappa shape index (κ2) is 6.73. The third kappa shape index (κ3) is 4.03. The Bertz CT molecular complexity index is 681. The first-order valence-corrected chi connectivity index (χ1v) is 6.94.